The molecule has 2 aliphatic heterocycles. The Morgan fingerprint density at radius 2 is 1.96 bits per heavy atom. The molecule has 1 unspecified atom stereocenters. The van der Waals surface area contributed by atoms with Gasteiger partial charge in [0.1, 0.15) is 5.75 Å². The van der Waals surface area contributed by atoms with E-state index in [0.29, 0.717) is 17.8 Å². The van der Waals surface area contributed by atoms with Crippen molar-refractivity contribution < 1.29 is 14.6 Å². The Labute approximate surface area is 162 Å². The first-order chi connectivity index (χ1) is 12.9. The predicted molar refractivity (Wildman–Crippen MR) is 106 cm³/mol. The van der Waals surface area contributed by atoms with Crippen molar-refractivity contribution in [2.45, 2.75) is 58.0 Å². The standard InChI is InChI=1S/C23H33NO3/c1-15(2)21-12-22-16(3)5-10-20(22)18(11-23(21,25)27-22)14-24-13-17-6-8-19(26-4)9-7-17/h6-9,11,15-16,20-21,24-25H,5,10,12-14H2,1-4H3/t16-,20?,21-,22-,23-/m0/s1. The zero-order valence-electron chi connectivity index (χ0n) is 17.0. The van der Waals surface area contributed by atoms with E-state index < -0.39 is 5.79 Å². The molecule has 148 valence electrons. The molecule has 0 radical (unpaired) electrons. The number of hydrogen-bond donors (Lipinski definition) is 2. The summed E-state index contributed by atoms with van der Waals surface area (Å²) in [5, 5.41) is 14.9. The molecule has 2 N–H and O–H groups in total. The third-order valence-corrected chi connectivity index (χ3v) is 7.20. The molecular formula is C23H33NO3. The lowest BCUT2D eigenvalue weighted by Crippen LogP contribution is -2.48. The number of benzene rings is 1. The normalized spacial score (nSPS) is 37.4. The minimum Gasteiger partial charge on any atom is -0.497 e. The van der Waals surface area contributed by atoms with Gasteiger partial charge in [-0.05, 0) is 60.4 Å². The first kappa shape index (κ1) is 19.0. The average Bonchev–Trinajstić information content (AvgIpc) is 3.10. The Hall–Kier alpha value is -1.36. The van der Waals surface area contributed by atoms with Gasteiger partial charge in [-0.1, -0.05) is 32.9 Å². The number of nitrogens with one attached hydrogen (secondary N) is 1. The van der Waals surface area contributed by atoms with Gasteiger partial charge in [-0.2, -0.15) is 0 Å². The van der Waals surface area contributed by atoms with E-state index >= 15 is 0 Å². The van der Waals surface area contributed by atoms with Crippen LogP contribution < -0.4 is 10.1 Å². The van der Waals surface area contributed by atoms with Crippen LogP contribution in [0.5, 0.6) is 5.75 Å². The van der Waals surface area contributed by atoms with Gasteiger partial charge in [-0.3, -0.25) is 0 Å². The molecular weight excluding hydrogens is 338 g/mol. The summed E-state index contributed by atoms with van der Waals surface area (Å²) in [5.41, 5.74) is 2.40. The van der Waals surface area contributed by atoms with Crippen LogP contribution in [-0.2, 0) is 11.3 Å². The molecule has 1 aromatic rings. The molecule has 5 atom stereocenters. The first-order valence-corrected chi connectivity index (χ1v) is 10.4. The lowest BCUT2D eigenvalue weighted by molar-refractivity contribution is -0.233. The van der Waals surface area contributed by atoms with E-state index in [1.165, 1.54) is 17.6 Å². The highest BCUT2D eigenvalue weighted by atomic mass is 16.6. The van der Waals surface area contributed by atoms with Crippen molar-refractivity contribution in [1.29, 1.82) is 0 Å². The summed E-state index contributed by atoms with van der Waals surface area (Å²) < 4.78 is 11.7. The van der Waals surface area contributed by atoms with E-state index in [4.69, 9.17) is 9.47 Å². The van der Waals surface area contributed by atoms with Crippen LogP contribution in [0, 0.1) is 23.7 Å². The number of methoxy groups -OCH3 is 1. The lowest BCUT2D eigenvalue weighted by Gasteiger charge is -2.42. The topological polar surface area (TPSA) is 50.7 Å². The van der Waals surface area contributed by atoms with Gasteiger partial charge in [-0.25, -0.2) is 0 Å². The van der Waals surface area contributed by atoms with Gasteiger partial charge >= 0.3 is 0 Å². The molecule has 1 aliphatic carbocycles. The second kappa shape index (κ2) is 6.91. The molecule has 0 aromatic heterocycles. The van der Waals surface area contributed by atoms with Crippen LogP contribution in [0.15, 0.2) is 35.9 Å². The lowest BCUT2D eigenvalue weighted by atomic mass is 9.76. The second-order valence-corrected chi connectivity index (χ2v) is 9.07. The highest BCUT2D eigenvalue weighted by Gasteiger charge is 2.65. The van der Waals surface area contributed by atoms with Crippen LogP contribution in [0.4, 0.5) is 0 Å². The average molecular weight is 372 g/mol. The Morgan fingerprint density at radius 1 is 1.22 bits per heavy atom. The van der Waals surface area contributed by atoms with Crippen molar-refractivity contribution in [2.75, 3.05) is 13.7 Å². The Bertz CT molecular complexity index is 713. The molecule has 2 heterocycles. The quantitative estimate of drug-likeness (QED) is 0.745. The molecule has 4 heteroatoms. The van der Waals surface area contributed by atoms with Gasteiger partial charge in [0.2, 0.25) is 0 Å². The SMILES string of the molecule is COc1ccc(CNCC2=C[C@]3(O)O[C@]4(C[C@H]3C(C)C)C2CC[C@@H]4C)cc1. The molecule has 1 aromatic carbocycles. The van der Waals surface area contributed by atoms with Crippen LogP contribution in [-0.4, -0.2) is 30.1 Å². The van der Waals surface area contributed by atoms with E-state index in [-0.39, 0.29) is 11.5 Å². The smallest absolute Gasteiger partial charge is 0.189 e. The van der Waals surface area contributed by atoms with Crippen molar-refractivity contribution in [1.82, 2.24) is 5.32 Å². The minimum absolute atomic E-state index is 0.171. The van der Waals surface area contributed by atoms with Crippen LogP contribution in [0.3, 0.4) is 0 Å². The van der Waals surface area contributed by atoms with Gasteiger partial charge in [0.15, 0.2) is 5.79 Å². The zero-order valence-corrected chi connectivity index (χ0v) is 17.0. The molecule has 4 rings (SSSR count). The number of rotatable bonds is 6. The summed E-state index contributed by atoms with van der Waals surface area (Å²) >= 11 is 0. The zero-order chi connectivity index (χ0) is 19.2. The highest BCUT2D eigenvalue weighted by Crippen LogP contribution is 2.61. The third-order valence-electron chi connectivity index (χ3n) is 7.20. The van der Waals surface area contributed by atoms with Gasteiger partial charge in [0.05, 0.1) is 12.7 Å². The number of aliphatic hydroxyl groups is 1. The maximum atomic E-state index is 11.3. The van der Waals surface area contributed by atoms with E-state index in [2.05, 4.69) is 38.2 Å². The Morgan fingerprint density at radius 3 is 2.63 bits per heavy atom. The number of ether oxygens (including phenoxy) is 2. The molecule has 1 saturated carbocycles. The number of hydrogen-bond acceptors (Lipinski definition) is 4. The van der Waals surface area contributed by atoms with Gasteiger partial charge in [0.25, 0.3) is 0 Å². The summed E-state index contributed by atoms with van der Waals surface area (Å²) in [6, 6.07) is 8.17. The maximum Gasteiger partial charge on any atom is 0.189 e. The van der Waals surface area contributed by atoms with Crippen molar-refractivity contribution in [3.63, 3.8) is 0 Å². The van der Waals surface area contributed by atoms with Gasteiger partial charge < -0.3 is 19.9 Å². The van der Waals surface area contributed by atoms with Crippen molar-refractivity contribution in [2.24, 2.45) is 23.7 Å². The Kier molecular flexibility index (Phi) is 4.86. The first-order valence-electron chi connectivity index (χ1n) is 10.4. The summed E-state index contributed by atoms with van der Waals surface area (Å²) in [7, 11) is 1.69. The molecule has 4 nitrogen and oxygen atoms in total. The summed E-state index contributed by atoms with van der Waals surface area (Å²) in [6.07, 6.45) is 5.37. The molecule has 3 aliphatic rings. The molecule has 1 saturated heterocycles. The second-order valence-electron chi connectivity index (χ2n) is 9.07. The van der Waals surface area contributed by atoms with Gasteiger partial charge in [0, 0.05) is 24.9 Å². The Balaban J connectivity index is 1.50. The third kappa shape index (κ3) is 3.12. The van der Waals surface area contributed by atoms with Crippen molar-refractivity contribution >= 4 is 0 Å². The fraction of sp³-hybridized carbons (Fsp3) is 0.652. The van der Waals surface area contributed by atoms with Gasteiger partial charge in [-0.15, -0.1) is 0 Å². The van der Waals surface area contributed by atoms with E-state index in [1.807, 2.05) is 18.2 Å². The minimum atomic E-state index is -1.10. The molecule has 0 amide bonds. The molecule has 2 fully saturated rings. The van der Waals surface area contributed by atoms with Crippen molar-refractivity contribution in [3.05, 3.63) is 41.5 Å². The summed E-state index contributed by atoms with van der Waals surface area (Å²) in [5.74, 6) is 1.31. The van der Waals surface area contributed by atoms with Crippen molar-refractivity contribution in [3.8, 4) is 5.75 Å². The fourth-order valence-corrected chi connectivity index (χ4v) is 5.66. The number of fused-ring (bicyclic) bond motifs is 1. The predicted octanol–water partition coefficient (Wildman–Crippen LogP) is 3.89. The fourth-order valence-electron chi connectivity index (χ4n) is 5.66. The van der Waals surface area contributed by atoms with E-state index in [1.54, 1.807) is 7.11 Å². The summed E-state index contributed by atoms with van der Waals surface area (Å²) in [6.45, 7) is 8.32. The molecule has 2 bridgehead atoms. The highest BCUT2D eigenvalue weighted by molar-refractivity contribution is 5.31. The summed E-state index contributed by atoms with van der Waals surface area (Å²) in [4.78, 5) is 0. The van der Waals surface area contributed by atoms with E-state index in [0.717, 1.165) is 31.7 Å². The van der Waals surface area contributed by atoms with Crippen LogP contribution in [0.2, 0.25) is 0 Å². The monoisotopic (exact) mass is 371 g/mol. The largest absolute Gasteiger partial charge is 0.497 e. The molecule has 27 heavy (non-hydrogen) atoms. The van der Waals surface area contributed by atoms with Crippen LogP contribution in [0.25, 0.3) is 0 Å². The maximum absolute atomic E-state index is 11.3. The van der Waals surface area contributed by atoms with Crippen LogP contribution >= 0.6 is 0 Å². The molecule has 1 spiro atoms. The van der Waals surface area contributed by atoms with E-state index in [9.17, 15) is 5.11 Å². The van der Waals surface area contributed by atoms with Crippen LogP contribution in [0.1, 0.15) is 45.6 Å².